The molecule has 0 aliphatic heterocycles. The average molecular weight is 749 g/mol. The fourth-order valence-corrected chi connectivity index (χ4v) is 5.79. The summed E-state index contributed by atoms with van der Waals surface area (Å²) in [4.78, 5) is 52.2. The lowest BCUT2D eigenvalue weighted by molar-refractivity contribution is -0.118. The van der Waals surface area contributed by atoms with Gasteiger partial charge in [0.15, 0.2) is 0 Å². The zero-order chi connectivity index (χ0) is 39.1. The van der Waals surface area contributed by atoms with Crippen molar-refractivity contribution in [1.82, 2.24) is 29.1 Å². The Kier molecular flexibility index (Phi) is 9.57. The summed E-state index contributed by atoms with van der Waals surface area (Å²) in [6, 6.07) is 12.0. The van der Waals surface area contributed by atoms with Crippen LogP contribution in [0.4, 0.5) is 20.2 Å². The number of carbonyl (C=O) groups excluding carboxylic acids is 3. The van der Waals surface area contributed by atoms with Crippen molar-refractivity contribution in [3.8, 4) is 29.1 Å². The van der Waals surface area contributed by atoms with Gasteiger partial charge in [0, 0.05) is 38.4 Å². The molecule has 0 unspecified atom stereocenters. The largest absolute Gasteiger partial charge is 0.455 e. The Morgan fingerprint density at radius 2 is 1.22 bits per heavy atom. The molecule has 17 heteroatoms. The zero-order valence-electron chi connectivity index (χ0n) is 30.0. The number of pyridine rings is 2. The number of alkyl halides is 2. The summed E-state index contributed by atoms with van der Waals surface area (Å²) in [5.74, 6) is -0.715. The fourth-order valence-electron chi connectivity index (χ4n) is 5.79. The zero-order valence-corrected chi connectivity index (χ0v) is 30.0. The molecule has 2 aliphatic carbocycles. The van der Waals surface area contributed by atoms with Crippen LogP contribution in [0.2, 0.25) is 0 Å². The first-order valence-electron chi connectivity index (χ1n) is 17.1. The molecular formula is C38H34F2N10O5. The average Bonchev–Trinajstić information content (AvgIpc) is 4.00. The maximum Gasteiger partial charge on any atom is 0.267 e. The topological polar surface area (TPSA) is 205 Å². The second kappa shape index (κ2) is 14.5. The number of nitrogens with zero attached hydrogens (tertiary/aromatic N) is 7. The Morgan fingerprint density at radius 1 is 0.764 bits per heavy atom. The number of halogens is 2. The number of nitrogens with one attached hydrogen (secondary N) is 2. The van der Waals surface area contributed by atoms with E-state index in [-0.39, 0.29) is 30.3 Å². The predicted molar refractivity (Wildman–Crippen MR) is 196 cm³/mol. The number of nitriles is 1. The number of amides is 3. The van der Waals surface area contributed by atoms with E-state index in [1.165, 1.54) is 18.5 Å². The number of nitrogens with two attached hydrogens (primary N) is 1. The highest BCUT2D eigenvalue weighted by molar-refractivity contribution is 6.03. The molecule has 15 nitrogen and oxygen atoms in total. The van der Waals surface area contributed by atoms with Crippen molar-refractivity contribution < 1.29 is 32.6 Å². The van der Waals surface area contributed by atoms with E-state index in [4.69, 9.17) is 20.5 Å². The summed E-state index contributed by atoms with van der Waals surface area (Å²) in [6.07, 6.45) is 4.48. The van der Waals surface area contributed by atoms with Crippen molar-refractivity contribution in [1.29, 1.82) is 5.26 Å². The second-order valence-electron chi connectivity index (χ2n) is 13.4. The molecule has 2 aliphatic rings. The molecule has 55 heavy (non-hydrogen) atoms. The van der Waals surface area contributed by atoms with Crippen LogP contribution in [0, 0.1) is 37.0 Å². The Labute approximate surface area is 312 Å². The molecule has 4 aromatic heterocycles. The Bertz CT molecular complexity index is 2560. The monoisotopic (exact) mass is 748 g/mol. The number of rotatable bonds is 9. The van der Waals surface area contributed by atoms with E-state index >= 15 is 0 Å². The molecule has 4 N–H and O–H groups in total. The van der Waals surface area contributed by atoms with Gasteiger partial charge in [-0.25, -0.2) is 28.7 Å². The van der Waals surface area contributed by atoms with Gasteiger partial charge < -0.3 is 35.0 Å². The summed E-state index contributed by atoms with van der Waals surface area (Å²) < 4.78 is 41.8. The number of fused-ring (bicyclic) bond motifs is 2. The third-order valence-corrected chi connectivity index (χ3v) is 9.17. The van der Waals surface area contributed by atoms with Gasteiger partial charge in [-0.2, -0.15) is 5.26 Å². The van der Waals surface area contributed by atoms with E-state index in [9.17, 15) is 23.2 Å². The Hall–Kier alpha value is -6.96. The lowest BCUT2D eigenvalue weighted by Crippen LogP contribution is -2.15. The first kappa shape index (κ1) is 36.4. The molecular weight excluding hydrogens is 714 g/mol. The highest BCUT2D eigenvalue weighted by Gasteiger charge is 2.44. The normalized spacial score (nSPS) is 18.1. The number of imidazole rings is 2. The Morgan fingerprint density at radius 3 is 1.62 bits per heavy atom. The molecule has 2 aromatic carbocycles. The lowest BCUT2D eigenvalue weighted by Gasteiger charge is -2.12. The van der Waals surface area contributed by atoms with E-state index in [0.29, 0.717) is 56.7 Å². The number of ether oxygens (including phenoxy) is 2. The standard InChI is InChI=1S/C19H18FN5O3.C19H16FN5O2/c1-9-3-14(18(21)26)22-7-16(9)28-10-4-13(24-19(27)11-6-12(11)20)17-15(5-10)25(2)8-23-17;1-10-3-11(7-21)22-8-17(10)27-12-4-15(24-19(26)13-6-14(13)20)18-16(5-12)25(2)9-23-18/h3-5,7-8,11-12H,6H2,1-2H3,(H2,21,26)(H,24,27);3-5,8-9,13-14H,6H2,1-2H3,(H,24,26)/t11-,12+;13-,14+/m00/s1. The van der Waals surface area contributed by atoms with Crippen molar-refractivity contribution in [3.63, 3.8) is 0 Å². The molecule has 4 heterocycles. The van der Waals surface area contributed by atoms with Crippen LogP contribution in [0.3, 0.4) is 0 Å². The van der Waals surface area contributed by atoms with Crippen LogP contribution in [-0.2, 0) is 23.7 Å². The summed E-state index contributed by atoms with van der Waals surface area (Å²) in [5.41, 5.74) is 10.7. The first-order valence-corrected chi connectivity index (χ1v) is 17.1. The maximum atomic E-state index is 13.2. The number of hydrogen-bond donors (Lipinski definition) is 3. The molecule has 0 saturated heterocycles. The highest BCUT2D eigenvalue weighted by Crippen LogP contribution is 2.38. The van der Waals surface area contributed by atoms with E-state index in [2.05, 4.69) is 30.6 Å². The van der Waals surface area contributed by atoms with E-state index in [1.54, 1.807) is 59.0 Å². The van der Waals surface area contributed by atoms with Crippen LogP contribution < -0.4 is 25.8 Å². The number of benzene rings is 2. The number of hydrogen-bond acceptors (Lipinski definition) is 10. The summed E-state index contributed by atoms with van der Waals surface area (Å²) in [7, 11) is 3.65. The van der Waals surface area contributed by atoms with Crippen LogP contribution in [0.25, 0.3) is 22.1 Å². The van der Waals surface area contributed by atoms with Gasteiger partial charge in [0.05, 0.1) is 59.3 Å². The molecule has 2 fully saturated rings. The van der Waals surface area contributed by atoms with Gasteiger partial charge in [-0.05, 0) is 49.9 Å². The summed E-state index contributed by atoms with van der Waals surface area (Å²) in [6.45, 7) is 3.58. The minimum Gasteiger partial charge on any atom is -0.455 e. The van der Waals surface area contributed by atoms with Crippen molar-refractivity contribution >= 4 is 51.2 Å². The van der Waals surface area contributed by atoms with Crippen molar-refractivity contribution in [3.05, 3.63) is 84.0 Å². The van der Waals surface area contributed by atoms with Crippen molar-refractivity contribution in [2.45, 2.75) is 39.0 Å². The van der Waals surface area contributed by atoms with E-state index in [1.807, 2.05) is 27.1 Å². The molecule has 8 rings (SSSR count). The first-order chi connectivity index (χ1) is 26.3. The third kappa shape index (κ3) is 7.74. The lowest BCUT2D eigenvalue weighted by atomic mass is 10.2. The van der Waals surface area contributed by atoms with Crippen LogP contribution in [0.15, 0.2) is 61.4 Å². The number of aromatic nitrogens is 6. The summed E-state index contributed by atoms with van der Waals surface area (Å²) in [5, 5.41) is 14.4. The van der Waals surface area contributed by atoms with Crippen LogP contribution in [0.1, 0.15) is 40.2 Å². The third-order valence-electron chi connectivity index (χ3n) is 9.17. The SMILES string of the molecule is Cc1cc(C#N)ncc1Oc1cc(NC(=O)[C@H]2C[C@H]2F)c2ncn(C)c2c1.Cc1cc(C(N)=O)ncc1Oc1cc(NC(=O)[C@H]2C[C@H]2F)c2ncn(C)c2c1. The molecule has 0 radical (unpaired) electrons. The van der Waals surface area contributed by atoms with Crippen LogP contribution >= 0.6 is 0 Å². The maximum absolute atomic E-state index is 13.2. The molecule has 0 bridgehead atoms. The van der Waals surface area contributed by atoms with Gasteiger partial charge in [-0.3, -0.25) is 14.4 Å². The van der Waals surface area contributed by atoms with Crippen LogP contribution in [-0.4, -0.2) is 59.1 Å². The van der Waals surface area contributed by atoms with Crippen molar-refractivity contribution in [2.24, 2.45) is 31.7 Å². The quantitative estimate of drug-likeness (QED) is 0.164. The fraction of sp³-hybridized carbons (Fsp3) is 0.263. The highest BCUT2D eigenvalue weighted by atomic mass is 19.1. The Balaban J connectivity index is 0.000000169. The number of primary amides is 1. The minimum atomic E-state index is -1.09. The second-order valence-corrected chi connectivity index (χ2v) is 13.4. The van der Waals surface area contributed by atoms with Gasteiger partial charge in [-0.1, -0.05) is 0 Å². The molecule has 3 amide bonds. The summed E-state index contributed by atoms with van der Waals surface area (Å²) >= 11 is 0. The number of carbonyl (C=O) groups is 3. The smallest absolute Gasteiger partial charge is 0.267 e. The van der Waals surface area contributed by atoms with Crippen LogP contribution in [0.5, 0.6) is 23.0 Å². The van der Waals surface area contributed by atoms with Crippen molar-refractivity contribution in [2.75, 3.05) is 10.6 Å². The van der Waals surface area contributed by atoms with Gasteiger partial charge in [0.2, 0.25) is 11.8 Å². The van der Waals surface area contributed by atoms with Gasteiger partial charge in [0.1, 0.15) is 63.8 Å². The number of aryl methyl sites for hydroxylation is 4. The number of anilines is 2. The molecule has 2 saturated carbocycles. The molecule has 280 valence electrons. The predicted octanol–water partition coefficient (Wildman–Crippen LogP) is 5.70. The molecule has 6 aromatic rings. The molecule has 4 atom stereocenters. The van der Waals surface area contributed by atoms with E-state index < -0.39 is 30.1 Å². The van der Waals surface area contributed by atoms with Gasteiger partial charge in [0.25, 0.3) is 5.91 Å². The minimum absolute atomic E-state index is 0.144. The van der Waals surface area contributed by atoms with E-state index in [0.717, 1.165) is 16.6 Å². The van der Waals surface area contributed by atoms with Gasteiger partial charge >= 0.3 is 0 Å². The van der Waals surface area contributed by atoms with Gasteiger partial charge in [-0.15, -0.1) is 0 Å². The molecule has 0 spiro atoms.